The molecule has 3 atom stereocenters. The number of carbonyl (C=O) groups is 1. The van der Waals surface area contributed by atoms with E-state index in [1.165, 1.54) is 5.69 Å². The summed E-state index contributed by atoms with van der Waals surface area (Å²) in [6.07, 6.45) is 0.814. The maximum atomic E-state index is 12.2. The zero-order valence-corrected chi connectivity index (χ0v) is 16.8. The Morgan fingerprint density at radius 2 is 1.96 bits per heavy atom. The quantitative estimate of drug-likeness (QED) is 0.641. The van der Waals surface area contributed by atoms with E-state index in [-0.39, 0.29) is 12.0 Å². The van der Waals surface area contributed by atoms with Gasteiger partial charge in [-0.1, -0.05) is 18.2 Å². The largest absolute Gasteiger partial charge is 0.390 e. The number of amides is 1. The second kappa shape index (κ2) is 10.8. The third-order valence-electron chi connectivity index (χ3n) is 5.60. The number of piperazine rings is 1. The molecule has 2 aliphatic rings. The summed E-state index contributed by atoms with van der Waals surface area (Å²) in [5, 5.41) is 12.9. The topological polar surface area (TPSA) is 74.3 Å². The van der Waals surface area contributed by atoms with Crippen LogP contribution in [0.25, 0.3) is 0 Å². The van der Waals surface area contributed by atoms with Crippen molar-refractivity contribution in [2.75, 3.05) is 57.9 Å². The molecule has 0 unspecified atom stereocenters. The molecule has 2 N–H and O–H groups in total. The molecule has 3 rings (SSSR count). The average molecular weight is 392 g/mol. The smallest absolute Gasteiger partial charge is 0.251 e. The SMILES string of the molecule is COCCNC(=O)[C@@H]1O[C@H](CCN2CCN(c3ccccc3)CC2)CC[C@@H]1O. The molecule has 1 aromatic rings. The van der Waals surface area contributed by atoms with Crippen molar-refractivity contribution in [2.45, 2.75) is 37.6 Å². The molecule has 2 fully saturated rings. The van der Waals surface area contributed by atoms with E-state index in [4.69, 9.17) is 9.47 Å². The van der Waals surface area contributed by atoms with Crippen molar-refractivity contribution >= 4 is 11.6 Å². The van der Waals surface area contributed by atoms with E-state index in [0.717, 1.165) is 45.6 Å². The first-order valence-corrected chi connectivity index (χ1v) is 10.3. The number of benzene rings is 1. The molecule has 2 heterocycles. The van der Waals surface area contributed by atoms with Gasteiger partial charge in [0.15, 0.2) is 6.10 Å². The maximum absolute atomic E-state index is 12.2. The van der Waals surface area contributed by atoms with E-state index in [2.05, 4.69) is 39.4 Å². The van der Waals surface area contributed by atoms with Gasteiger partial charge in [-0.15, -0.1) is 0 Å². The Bertz CT molecular complexity index is 593. The number of hydrogen-bond donors (Lipinski definition) is 2. The molecule has 0 aliphatic carbocycles. The summed E-state index contributed by atoms with van der Waals surface area (Å²) >= 11 is 0. The van der Waals surface area contributed by atoms with E-state index in [1.807, 2.05) is 6.07 Å². The van der Waals surface area contributed by atoms with Crippen LogP contribution in [-0.2, 0) is 14.3 Å². The van der Waals surface area contributed by atoms with Gasteiger partial charge in [0.2, 0.25) is 0 Å². The molecule has 0 spiro atoms. The fourth-order valence-electron chi connectivity index (χ4n) is 3.89. The van der Waals surface area contributed by atoms with E-state index in [1.54, 1.807) is 7.11 Å². The van der Waals surface area contributed by atoms with Crippen molar-refractivity contribution in [3.8, 4) is 0 Å². The van der Waals surface area contributed by atoms with Crippen LogP contribution in [0.15, 0.2) is 30.3 Å². The van der Waals surface area contributed by atoms with Crippen LogP contribution < -0.4 is 10.2 Å². The molecular formula is C21H33N3O4. The zero-order valence-electron chi connectivity index (χ0n) is 16.8. The van der Waals surface area contributed by atoms with Gasteiger partial charge in [0.05, 0.1) is 18.8 Å². The first-order valence-electron chi connectivity index (χ1n) is 10.3. The minimum Gasteiger partial charge on any atom is -0.390 e. The second-order valence-corrected chi connectivity index (χ2v) is 7.56. The van der Waals surface area contributed by atoms with E-state index >= 15 is 0 Å². The average Bonchev–Trinajstić information content (AvgIpc) is 2.74. The molecule has 1 aromatic carbocycles. The van der Waals surface area contributed by atoms with E-state index < -0.39 is 12.2 Å². The Balaban J connectivity index is 1.39. The molecule has 7 nitrogen and oxygen atoms in total. The van der Waals surface area contributed by atoms with E-state index in [9.17, 15) is 9.90 Å². The predicted molar refractivity (Wildman–Crippen MR) is 108 cm³/mol. The van der Waals surface area contributed by atoms with Gasteiger partial charge in [-0.3, -0.25) is 9.69 Å². The third kappa shape index (κ3) is 5.91. The van der Waals surface area contributed by atoms with Crippen LogP contribution in [0.3, 0.4) is 0 Å². The summed E-state index contributed by atoms with van der Waals surface area (Å²) in [5.41, 5.74) is 1.29. The van der Waals surface area contributed by atoms with E-state index in [0.29, 0.717) is 19.6 Å². The zero-order chi connectivity index (χ0) is 19.8. The Hall–Kier alpha value is -1.67. The lowest BCUT2D eigenvalue weighted by molar-refractivity contribution is -0.158. The molecule has 2 aliphatic heterocycles. The number of anilines is 1. The summed E-state index contributed by atoms with van der Waals surface area (Å²) in [6, 6.07) is 10.5. The molecule has 1 amide bonds. The molecule has 0 radical (unpaired) electrons. The molecule has 7 heteroatoms. The highest BCUT2D eigenvalue weighted by Crippen LogP contribution is 2.23. The summed E-state index contributed by atoms with van der Waals surface area (Å²) in [4.78, 5) is 17.1. The first-order chi connectivity index (χ1) is 13.7. The number of hydrogen-bond acceptors (Lipinski definition) is 6. The summed E-state index contributed by atoms with van der Waals surface area (Å²) in [6.45, 7) is 5.96. The summed E-state index contributed by atoms with van der Waals surface area (Å²) < 4.78 is 10.9. The molecule has 0 bridgehead atoms. The Morgan fingerprint density at radius 1 is 1.21 bits per heavy atom. The number of nitrogens with zero attached hydrogens (tertiary/aromatic N) is 2. The van der Waals surface area contributed by atoms with Crippen LogP contribution in [0.1, 0.15) is 19.3 Å². The normalized spacial score (nSPS) is 26.2. The Kier molecular flexibility index (Phi) is 8.09. The minimum absolute atomic E-state index is 0.0220. The number of nitrogens with one attached hydrogen (secondary N) is 1. The van der Waals surface area contributed by atoms with Crippen molar-refractivity contribution in [1.82, 2.24) is 10.2 Å². The van der Waals surface area contributed by atoms with Gasteiger partial charge < -0.3 is 24.8 Å². The van der Waals surface area contributed by atoms with Crippen LogP contribution in [0.2, 0.25) is 0 Å². The molecule has 156 valence electrons. The lowest BCUT2D eigenvalue weighted by Crippen LogP contribution is -2.50. The standard InChI is InChI=1S/C21H33N3O4/c1-27-16-10-22-21(26)20-19(25)8-7-18(28-20)9-11-23-12-14-24(15-13-23)17-5-3-2-4-6-17/h2-6,18-20,25H,7-16H2,1H3,(H,22,26)/t18-,19-,20+/m0/s1. The number of rotatable bonds is 8. The number of aliphatic hydroxyl groups excluding tert-OH is 1. The minimum atomic E-state index is -0.773. The number of carbonyl (C=O) groups excluding carboxylic acids is 1. The number of ether oxygens (including phenoxy) is 2. The molecular weight excluding hydrogens is 358 g/mol. The van der Waals surface area contributed by atoms with Crippen LogP contribution in [0.5, 0.6) is 0 Å². The lowest BCUT2D eigenvalue weighted by atomic mass is 9.98. The van der Waals surface area contributed by atoms with Crippen molar-refractivity contribution in [2.24, 2.45) is 0 Å². The Morgan fingerprint density at radius 3 is 2.68 bits per heavy atom. The maximum Gasteiger partial charge on any atom is 0.251 e. The van der Waals surface area contributed by atoms with Crippen molar-refractivity contribution in [3.63, 3.8) is 0 Å². The van der Waals surface area contributed by atoms with Gasteiger partial charge in [0.25, 0.3) is 5.91 Å². The van der Waals surface area contributed by atoms with Crippen LogP contribution in [-0.4, -0.2) is 87.2 Å². The van der Waals surface area contributed by atoms with Crippen LogP contribution >= 0.6 is 0 Å². The lowest BCUT2D eigenvalue weighted by Gasteiger charge is -2.38. The van der Waals surface area contributed by atoms with Crippen LogP contribution in [0.4, 0.5) is 5.69 Å². The van der Waals surface area contributed by atoms with Gasteiger partial charge in [0.1, 0.15) is 0 Å². The van der Waals surface area contributed by atoms with Gasteiger partial charge >= 0.3 is 0 Å². The summed E-state index contributed by atoms with van der Waals surface area (Å²) in [7, 11) is 1.59. The van der Waals surface area contributed by atoms with Gasteiger partial charge in [0, 0.05) is 52.1 Å². The Labute approximate surface area is 167 Å². The van der Waals surface area contributed by atoms with Gasteiger partial charge in [-0.2, -0.15) is 0 Å². The number of methoxy groups -OCH3 is 1. The van der Waals surface area contributed by atoms with Crippen LogP contribution in [0, 0.1) is 0 Å². The number of aliphatic hydroxyl groups is 1. The highest BCUT2D eigenvalue weighted by atomic mass is 16.5. The third-order valence-corrected chi connectivity index (χ3v) is 5.60. The fourth-order valence-corrected chi connectivity index (χ4v) is 3.89. The molecule has 0 saturated carbocycles. The monoisotopic (exact) mass is 391 g/mol. The fraction of sp³-hybridized carbons (Fsp3) is 0.667. The molecule has 0 aromatic heterocycles. The van der Waals surface area contributed by atoms with Gasteiger partial charge in [-0.25, -0.2) is 0 Å². The highest BCUT2D eigenvalue weighted by Gasteiger charge is 2.35. The van der Waals surface area contributed by atoms with Crippen molar-refractivity contribution in [1.29, 1.82) is 0 Å². The summed E-state index contributed by atoms with van der Waals surface area (Å²) in [5.74, 6) is -0.245. The van der Waals surface area contributed by atoms with Crippen molar-refractivity contribution in [3.05, 3.63) is 30.3 Å². The molecule has 2 saturated heterocycles. The van der Waals surface area contributed by atoms with Gasteiger partial charge in [-0.05, 0) is 31.4 Å². The highest BCUT2D eigenvalue weighted by molar-refractivity contribution is 5.81. The molecule has 28 heavy (non-hydrogen) atoms. The predicted octanol–water partition coefficient (Wildman–Crippen LogP) is 0.870. The number of para-hydroxylation sites is 1. The first kappa shape index (κ1) is 21.0. The second-order valence-electron chi connectivity index (χ2n) is 7.56. The van der Waals surface area contributed by atoms with Crippen molar-refractivity contribution < 1.29 is 19.4 Å².